The fourth-order valence-corrected chi connectivity index (χ4v) is 5.91. The summed E-state index contributed by atoms with van der Waals surface area (Å²) in [7, 11) is 3.67. The Labute approximate surface area is 174 Å². The van der Waals surface area contributed by atoms with Gasteiger partial charge in [0.25, 0.3) is 0 Å². The van der Waals surface area contributed by atoms with Gasteiger partial charge in [0.2, 0.25) is 0 Å². The average Bonchev–Trinajstić information content (AvgIpc) is 2.52. The van der Waals surface area contributed by atoms with Gasteiger partial charge in [0.15, 0.2) is 0 Å². The van der Waals surface area contributed by atoms with Crippen molar-refractivity contribution in [3.05, 3.63) is 0 Å². The van der Waals surface area contributed by atoms with E-state index in [1.54, 1.807) is 0 Å². The van der Waals surface area contributed by atoms with Crippen LogP contribution in [0.3, 0.4) is 0 Å². The van der Waals surface area contributed by atoms with E-state index in [0.717, 1.165) is 38.8 Å². The lowest BCUT2D eigenvalue weighted by Gasteiger charge is -2.54. The molecule has 0 aliphatic carbocycles. The Morgan fingerprint density at radius 2 is 0.857 bits per heavy atom. The number of likely N-dealkylation sites (tertiary alicyclic amines) is 2. The first kappa shape index (κ1) is 23.7. The summed E-state index contributed by atoms with van der Waals surface area (Å²) in [5, 5.41) is 0. The summed E-state index contributed by atoms with van der Waals surface area (Å²) in [6, 6.07) is 0. The second-order valence-corrected chi connectivity index (χ2v) is 11.3. The van der Waals surface area contributed by atoms with Crippen LogP contribution >= 0.6 is 0 Å². The minimum absolute atomic E-state index is 0.0897. The van der Waals surface area contributed by atoms with E-state index in [4.69, 9.17) is 9.47 Å². The molecule has 0 saturated carbocycles. The van der Waals surface area contributed by atoms with Gasteiger partial charge in [0.05, 0.1) is 25.3 Å². The van der Waals surface area contributed by atoms with Gasteiger partial charge in [-0.25, -0.2) is 0 Å². The maximum atomic E-state index is 5.70. The minimum atomic E-state index is 0.0897. The topological polar surface area (TPSA) is 24.9 Å². The molecular weight excluding hydrogens is 348 g/mol. The molecule has 2 heterocycles. The molecule has 0 N–H and O–H groups in total. The molecule has 2 aliphatic heterocycles. The van der Waals surface area contributed by atoms with Crippen molar-refractivity contribution in [2.24, 2.45) is 0 Å². The van der Waals surface area contributed by atoms with Crippen LogP contribution in [0.1, 0.15) is 81.1 Å². The molecule has 0 amide bonds. The standard InChI is InChI=1S/C24H44N2O2/c1-21(2)15-19(27-9)16-22(3,4)25(21)13-11-12-14-26-23(5,6)17-20(28-10)18-24(26,7)8/h19-20H,13-18H2,1-10H3. The van der Waals surface area contributed by atoms with Crippen molar-refractivity contribution in [2.75, 3.05) is 27.3 Å². The van der Waals surface area contributed by atoms with Gasteiger partial charge in [-0.15, -0.1) is 0 Å². The van der Waals surface area contributed by atoms with Crippen molar-refractivity contribution >= 4 is 0 Å². The fraction of sp³-hybridized carbons (Fsp3) is 0.917. The van der Waals surface area contributed by atoms with E-state index in [1.165, 1.54) is 0 Å². The first-order valence-corrected chi connectivity index (χ1v) is 10.8. The number of hydrogen-bond donors (Lipinski definition) is 0. The monoisotopic (exact) mass is 392 g/mol. The molecule has 2 fully saturated rings. The van der Waals surface area contributed by atoms with Crippen LogP contribution in [0.5, 0.6) is 0 Å². The Balaban J connectivity index is 2.08. The van der Waals surface area contributed by atoms with Crippen molar-refractivity contribution in [3.63, 3.8) is 0 Å². The molecule has 0 spiro atoms. The van der Waals surface area contributed by atoms with E-state index >= 15 is 0 Å². The Kier molecular flexibility index (Phi) is 6.99. The molecule has 2 rings (SSSR count). The summed E-state index contributed by atoms with van der Waals surface area (Å²) in [4.78, 5) is 5.13. The van der Waals surface area contributed by atoms with Gasteiger partial charge < -0.3 is 9.47 Å². The molecule has 0 aromatic carbocycles. The van der Waals surface area contributed by atoms with Gasteiger partial charge in [-0.05, 0) is 81.1 Å². The highest BCUT2D eigenvalue weighted by Gasteiger charge is 2.46. The molecule has 2 saturated heterocycles. The highest BCUT2D eigenvalue weighted by atomic mass is 16.5. The summed E-state index contributed by atoms with van der Waals surface area (Å²) in [6.45, 7) is 20.2. The van der Waals surface area contributed by atoms with E-state index in [9.17, 15) is 0 Å². The summed E-state index contributed by atoms with van der Waals surface area (Å²) >= 11 is 0. The molecule has 0 aromatic rings. The van der Waals surface area contributed by atoms with Crippen LogP contribution in [-0.2, 0) is 9.47 Å². The largest absolute Gasteiger partial charge is 0.381 e. The van der Waals surface area contributed by atoms with Crippen LogP contribution in [-0.4, -0.2) is 71.5 Å². The third-order valence-corrected chi connectivity index (χ3v) is 7.10. The number of ether oxygens (including phenoxy) is 2. The fourth-order valence-electron chi connectivity index (χ4n) is 5.91. The number of piperidine rings is 2. The average molecular weight is 393 g/mol. The van der Waals surface area contributed by atoms with Crippen molar-refractivity contribution < 1.29 is 9.47 Å². The van der Waals surface area contributed by atoms with Gasteiger partial charge in [-0.2, -0.15) is 0 Å². The Morgan fingerprint density at radius 1 is 0.607 bits per heavy atom. The highest BCUT2D eigenvalue weighted by Crippen LogP contribution is 2.40. The molecule has 0 bridgehead atoms. The van der Waals surface area contributed by atoms with Crippen LogP contribution in [0.25, 0.3) is 0 Å². The summed E-state index contributed by atoms with van der Waals surface area (Å²) in [6.07, 6.45) is 4.88. The van der Waals surface area contributed by atoms with Crippen LogP contribution < -0.4 is 0 Å². The minimum Gasteiger partial charge on any atom is -0.381 e. The lowest BCUT2D eigenvalue weighted by molar-refractivity contribution is -0.0871. The van der Waals surface area contributed by atoms with E-state index in [1.807, 2.05) is 14.2 Å². The van der Waals surface area contributed by atoms with Gasteiger partial charge in [0.1, 0.15) is 0 Å². The molecule has 2 aliphatic rings. The molecule has 0 unspecified atom stereocenters. The predicted molar refractivity (Wildman–Crippen MR) is 118 cm³/mol. The molecule has 0 atom stereocenters. The maximum absolute atomic E-state index is 5.70. The van der Waals surface area contributed by atoms with Gasteiger partial charge in [-0.1, -0.05) is 11.8 Å². The number of nitrogens with zero attached hydrogens (tertiary/aromatic N) is 2. The summed E-state index contributed by atoms with van der Waals surface area (Å²) in [5.41, 5.74) is 0.359. The van der Waals surface area contributed by atoms with Gasteiger partial charge in [-0.3, -0.25) is 9.80 Å². The molecule has 0 aromatic heterocycles. The molecule has 28 heavy (non-hydrogen) atoms. The van der Waals surface area contributed by atoms with Crippen molar-refractivity contribution in [1.29, 1.82) is 0 Å². The van der Waals surface area contributed by atoms with E-state index in [2.05, 4.69) is 77.0 Å². The third kappa shape index (κ3) is 5.11. The maximum Gasteiger partial charge on any atom is 0.0611 e. The Morgan fingerprint density at radius 3 is 1.07 bits per heavy atom. The van der Waals surface area contributed by atoms with Gasteiger partial charge >= 0.3 is 0 Å². The predicted octanol–water partition coefficient (Wildman–Crippen LogP) is 4.33. The van der Waals surface area contributed by atoms with Gasteiger partial charge in [0, 0.05) is 36.4 Å². The van der Waals surface area contributed by atoms with Crippen molar-refractivity contribution in [3.8, 4) is 11.8 Å². The van der Waals surface area contributed by atoms with E-state index in [0.29, 0.717) is 12.2 Å². The van der Waals surface area contributed by atoms with Crippen LogP contribution in [0.2, 0.25) is 0 Å². The lowest BCUT2D eigenvalue weighted by Crippen LogP contribution is -2.62. The number of hydrogen-bond acceptors (Lipinski definition) is 4. The second-order valence-electron chi connectivity index (χ2n) is 11.3. The SMILES string of the molecule is COC1CC(C)(C)N(CC#CCN2C(C)(C)CC(OC)CC2(C)C)C(C)(C)C1. The van der Waals surface area contributed by atoms with E-state index < -0.39 is 0 Å². The van der Waals surface area contributed by atoms with Crippen LogP contribution in [0.4, 0.5) is 0 Å². The number of rotatable bonds is 4. The molecule has 4 heteroatoms. The first-order valence-electron chi connectivity index (χ1n) is 10.8. The molecule has 162 valence electrons. The smallest absolute Gasteiger partial charge is 0.0611 e. The summed E-state index contributed by atoms with van der Waals surface area (Å²) in [5.74, 6) is 7.02. The first-order chi connectivity index (χ1) is 12.7. The molecular formula is C24H44N2O2. The van der Waals surface area contributed by atoms with Crippen LogP contribution in [0.15, 0.2) is 0 Å². The third-order valence-electron chi connectivity index (χ3n) is 7.10. The van der Waals surface area contributed by atoms with Crippen molar-refractivity contribution in [2.45, 2.75) is 115 Å². The normalized spacial score (nSPS) is 27.9. The zero-order valence-corrected chi connectivity index (χ0v) is 20.1. The zero-order valence-electron chi connectivity index (χ0n) is 20.1. The Hall–Kier alpha value is -0.600. The molecule has 4 nitrogen and oxygen atoms in total. The lowest BCUT2D eigenvalue weighted by atomic mass is 9.78. The van der Waals surface area contributed by atoms with Crippen LogP contribution in [0, 0.1) is 11.8 Å². The summed E-state index contributed by atoms with van der Waals surface area (Å²) < 4.78 is 11.4. The van der Waals surface area contributed by atoms with Crippen molar-refractivity contribution in [1.82, 2.24) is 9.80 Å². The molecule has 0 radical (unpaired) electrons. The zero-order chi connectivity index (χ0) is 21.4. The number of methoxy groups -OCH3 is 2. The van der Waals surface area contributed by atoms with E-state index in [-0.39, 0.29) is 22.2 Å². The second kappa shape index (κ2) is 8.26. The Bertz CT molecular complexity index is 511. The highest BCUT2D eigenvalue weighted by molar-refractivity contribution is 5.12. The quantitative estimate of drug-likeness (QED) is 0.665.